The molecule has 88 valence electrons. The van der Waals surface area contributed by atoms with Crippen LogP contribution in [0.5, 0.6) is 0 Å². The number of anilines is 1. The predicted octanol–water partition coefficient (Wildman–Crippen LogP) is 4.25. The van der Waals surface area contributed by atoms with E-state index in [-0.39, 0.29) is 0 Å². The van der Waals surface area contributed by atoms with E-state index in [1.165, 1.54) is 0 Å². The number of fused-ring (bicyclic) bond motifs is 1. The molecule has 18 heavy (non-hydrogen) atoms. The van der Waals surface area contributed by atoms with Crippen LogP contribution in [0.3, 0.4) is 0 Å². The number of pyridine rings is 1. The Labute approximate surface area is 114 Å². The molecule has 1 heterocycles. The molecule has 0 aliphatic rings. The van der Waals surface area contributed by atoms with E-state index in [2.05, 4.69) is 39.1 Å². The van der Waals surface area contributed by atoms with E-state index in [0.29, 0.717) is 5.82 Å². The van der Waals surface area contributed by atoms with Gasteiger partial charge in [-0.25, -0.2) is 4.98 Å². The Morgan fingerprint density at radius 2 is 1.72 bits per heavy atom. The van der Waals surface area contributed by atoms with E-state index in [1.807, 2.05) is 36.4 Å². The number of nitrogens with two attached hydrogens (primary N) is 1. The lowest BCUT2D eigenvalue weighted by Crippen LogP contribution is -1.93. The highest BCUT2D eigenvalue weighted by Gasteiger charge is 2.06. The molecule has 0 bridgehead atoms. The molecule has 0 amide bonds. The fourth-order valence-electron chi connectivity index (χ4n) is 2.08. The quantitative estimate of drug-likeness (QED) is 0.729. The van der Waals surface area contributed by atoms with Gasteiger partial charge >= 0.3 is 0 Å². The molecule has 0 radical (unpaired) electrons. The van der Waals surface area contributed by atoms with Crippen molar-refractivity contribution in [2.45, 2.75) is 0 Å². The lowest BCUT2D eigenvalue weighted by molar-refractivity contribution is 1.41. The summed E-state index contributed by atoms with van der Waals surface area (Å²) in [6.07, 6.45) is 0. The molecule has 1 aromatic heterocycles. The van der Waals surface area contributed by atoms with Gasteiger partial charge in [-0.15, -0.1) is 0 Å². The van der Waals surface area contributed by atoms with Crippen LogP contribution in [-0.2, 0) is 0 Å². The number of aromatic nitrogens is 1. The minimum absolute atomic E-state index is 0.541. The molecule has 0 fully saturated rings. The van der Waals surface area contributed by atoms with Crippen LogP contribution >= 0.6 is 15.9 Å². The maximum atomic E-state index is 5.89. The third-order valence-electron chi connectivity index (χ3n) is 2.88. The molecule has 0 aliphatic carbocycles. The summed E-state index contributed by atoms with van der Waals surface area (Å²) < 4.78 is 1.01. The van der Waals surface area contributed by atoms with E-state index >= 15 is 0 Å². The highest BCUT2D eigenvalue weighted by molar-refractivity contribution is 9.10. The molecule has 0 saturated carbocycles. The molecule has 0 saturated heterocycles. The van der Waals surface area contributed by atoms with Gasteiger partial charge in [0.25, 0.3) is 0 Å². The summed E-state index contributed by atoms with van der Waals surface area (Å²) in [5.41, 5.74) is 9.06. The highest BCUT2D eigenvalue weighted by atomic mass is 79.9. The first kappa shape index (κ1) is 11.2. The average molecular weight is 299 g/mol. The van der Waals surface area contributed by atoms with E-state index in [1.54, 1.807) is 0 Å². The number of nitrogens with zero attached hydrogens (tertiary/aromatic N) is 1. The molecule has 0 unspecified atom stereocenters. The van der Waals surface area contributed by atoms with Crippen LogP contribution in [0.1, 0.15) is 0 Å². The highest BCUT2D eigenvalue weighted by Crippen LogP contribution is 2.30. The minimum atomic E-state index is 0.541. The van der Waals surface area contributed by atoms with Crippen molar-refractivity contribution in [1.82, 2.24) is 4.98 Å². The summed E-state index contributed by atoms with van der Waals surface area (Å²) in [4.78, 5) is 4.37. The SMILES string of the molecule is Nc1cc(-c2ccccc2)c2ccc(Br)cc2n1. The normalized spacial score (nSPS) is 10.7. The number of hydrogen-bond acceptors (Lipinski definition) is 2. The van der Waals surface area contributed by atoms with Gasteiger partial charge in [-0.3, -0.25) is 0 Å². The maximum Gasteiger partial charge on any atom is 0.124 e. The zero-order valence-corrected chi connectivity index (χ0v) is 11.2. The van der Waals surface area contributed by atoms with Crippen LogP contribution < -0.4 is 5.73 Å². The Morgan fingerprint density at radius 3 is 2.50 bits per heavy atom. The summed E-state index contributed by atoms with van der Waals surface area (Å²) in [5, 5.41) is 1.11. The Bertz CT molecular complexity index is 703. The molecule has 3 rings (SSSR count). The van der Waals surface area contributed by atoms with Gasteiger partial charge < -0.3 is 5.73 Å². The monoisotopic (exact) mass is 298 g/mol. The number of hydrogen-bond donors (Lipinski definition) is 1. The standard InChI is InChI=1S/C15H11BrN2/c16-11-6-7-12-13(10-4-2-1-3-5-10)9-15(17)18-14(12)8-11/h1-9H,(H2,17,18). The van der Waals surface area contributed by atoms with Gasteiger partial charge in [-0.05, 0) is 29.3 Å². The Morgan fingerprint density at radius 1 is 0.944 bits per heavy atom. The fourth-order valence-corrected chi connectivity index (χ4v) is 2.43. The zero-order valence-electron chi connectivity index (χ0n) is 9.60. The van der Waals surface area contributed by atoms with Crippen LogP contribution in [0, 0.1) is 0 Å². The van der Waals surface area contributed by atoms with Crippen molar-refractivity contribution in [2.75, 3.05) is 5.73 Å². The van der Waals surface area contributed by atoms with Crippen molar-refractivity contribution < 1.29 is 0 Å². The Balaban J connectivity index is 2.35. The summed E-state index contributed by atoms with van der Waals surface area (Å²) in [7, 11) is 0. The second-order valence-electron chi connectivity index (χ2n) is 4.12. The maximum absolute atomic E-state index is 5.89. The van der Waals surface area contributed by atoms with Gasteiger partial charge in [0, 0.05) is 9.86 Å². The molecule has 2 N–H and O–H groups in total. The minimum Gasteiger partial charge on any atom is -0.384 e. The third-order valence-corrected chi connectivity index (χ3v) is 3.37. The Hall–Kier alpha value is -1.87. The van der Waals surface area contributed by atoms with E-state index < -0.39 is 0 Å². The Kier molecular flexibility index (Phi) is 2.76. The van der Waals surface area contributed by atoms with Gasteiger partial charge in [-0.2, -0.15) is 0 Å². The summed E-state index contributed by atoms with van der Waals surface area (Å²) in [6, 6.07) is 18.2. The molecule has 2 aromatic carbocycles. The second-order valence-corrected chi connectivity index (χ2v) is 5.04. The topological polar surface area (TPSA) is 38.9 Å². The van der Waals surface area contributed by atoms with Crippen LogP contribution in [0.4, 0.5) is 5.82 Å². The van der Waals surface area contributed by atoms with Gasteiger partial charge in [0.1, 0.15) is 5.82 Å². The van der Waals surface area contributed by atoms with E-state index in [0.717, 1.165) is 26.5 Å². The first-order chi connectivity index (χ1) is 8.74. The van der Waals surface area contributed by atoms with Crippen molar-refractivity contribution >= 4 is 32.7 Å². The van der Waals surface area contributed by atoms with Gasteiger partial charge in [0.05, 0.1) is 5.52 Å². The molecule has 2 nitrogen and oxygen atoms in total. The lowest BCUT2D eigenvalue weighted by atomic mass is 10.0. The molecular formula is C15H11BrN2. The van der Waals surface area contributed by atoms with Crippen molar-refractivity contribution in [3.05, 3.63) is 59.1 Å². The third kappa shape index (κ3) is 1.97. The van der Waals surface area contributed by atoms with Gasteiger partial charge in [0.15, 0.2) is 0 Å². The number of halogens is 1. The molecule has 3 heteroatoms. The number of benzene rings is 2. The first-order valence-electron chi connectivity index (χ1n) is 5.65. The van der Waals surface area contributed by atoms with E-state index in [4.69, 9.17) is 5.73 Å². The lowest BCUT2D eigenvalue weighted by Gasteiger charge is -2.08. The molecule has 0 spiro atoms. The number of rotatable bonds is 1. The van der Waals surface area contributed by atoms with Gasteiger partial charge in [0.2, 0.25) is 0 Å². The summed E-state index contributed by atoms with van der Waals surface area (Å²) in [6.45, 7) is 0. The average Bonchev–Trinajstić information content (AvgIpc) is 2.38. The van der Waals surface area contributed by atoms with Crippen LogP contribution in [0.25, 0.3) is 22.0 Å². The summed E-state index contributed by atoms with van der Waals surface area (Å²) in [5.74, 6) is 0.541. The van der Waals surface area contributed by atoms with Crippen LogP contribution in [0.15, 0.2) is 59.1 Å². The van der Waals surface area contributed by atoms with Crippen LogP contribution in [0.2, 0.25) is 0 Å². The van der Waals surface area contributed by atoms with Crippen molar-refractivity contribution in [3.8, 4) is 11.1 Å². The molecule has 3 aromatic rings. The van der Waals surface area contributed by atoms with Crippen molar-refractivity contribution in [3.63, 3.8) is 0 Å². The molecule has 0 aliphatic heterocycles. The molecular weight excluding hydrogens is 288 g/mol. The summed E-state index contributed by atoms with van der Waals surface area (Å²) >= 11 is 3.46. The van der Waals surface area contributed by atoms with Crippen molar-refractivity contribution in [1.29, 1.82) is 0 Å². The predicted molar refractivity (Wildman–Crippen MR) is 79.3 cm³/mol. The largest absolute Gasteiger partial charge is 0.384 e. The fraction of sp³-hybridized carbons (Fsp3) is 0. The molecule has 0 atom stereocenters. The van der Waals surface area contributed by atoms with Crippen LogP contribution in [-0.4, -0.2) is 4.98 Å². The zero-order chi connectivity index (χ0) is 12.5. The van der Waals surface area contributed by atoms with Crippen molar-refractivity contribution in [2.24, 2.45) is 0 Å². The second kappa shape index (κ2) is 4.42. The first-order valence-corrected chi connectivity index (χ1v) is 6.44. The van der Waals surface area contributed by atoms with Gasteiger partial charge in [-0.1, -0.05) is 52.3 Å². The van der Waals surface area contributed by atoms with E-state index in [9.17, 15) is 0 Å². The number of nitrogen functional groups attached to an aromatic ring is 1. The smallest absolute Gasteiger partial charge is 0.124 e.